The predicted octanol–water partition coefficient (Wildman–Crippen LogP) is 3.13. The average molecular weight is 373 g/mol. The molecular formula is C22H32N2O3. The molecule has 0 spiro atoms. The van der Waals surface area contributed by atoms with Crippen molar-refractivity contribution in [1.29, 1.82) is 0 Å². The Bertz CT molecular complexity index is 635. The first kappa shape index (κ1) is 19.9. The third kappa shape index (κ3) is 5.32. The summed E-state index contributed by atoms with van der Waals surface area (Å²) in [6.45, 7) is 8.62. The molecule has 2 heterocycles. The van der Waals surface area contributed by atoms with Gasteiger partial charge in [0.05, 0.1) is 13.0 Å². The smallest absolute Gasteiger partial charge is 0.310 e. The molecule has 1 amide bonds. The van der Waals surface area contributed by atoms with Crippen molar-refractivity contribution in [2.45, 2.75) is 52.0 Å². The van der Waals surface area contributed by atoms with E-state index in [9.17, 15) is 9.59 Å². The lowest BCUT2D eigenvalue weighted by Gasteiger charge is -2.41. The molecule has 148 valence electrons. The van der Waals surface area contributed by atoms with Crippen LogP contribution < -0.4 is 0 Å². The van der Waals surface area contributed by atoms with Crippen molar-refractivity contribution in [2.24, 2.45) is 5.92 Å². The molecule has 0 bridgehead atoms. The first-order valence-corrected chi connectivity index (χ1v) is 10.3. The van der Waals surface area contributed by atoms with Crippen molar-refractivity contribution in [3.63, 3.8) is 0 Å². The van der Waals surface area contributed by atoms with Crippen LogP contribution in [0.4, 0.5) is 0 Å². The van der Waals surface area contributed by atoms with Crippen LogP contribution in [0.2, 0.25) is 0 Å². The zero-order valence-corrected chi connectivity index (χ0v) is 16.7. The molecule has 1 atom stereocenters. The fraction of sp³-hybridized carbons (Fsp3) is 0.636. The predicted molar refractivity (Wildman–Crippen MR) is 106 cm³/mol. The van der Waals surface area contributed by atoms with E-state index >= 15 is 0 Å². The summed E-state index contributed by atoms with van der Waals surface area (Å²) in [5.41, 5.74) is 1.58. The molecular weight excluding hydrogens is 340 g/mol. The first-order valence-electron chi connectivity index (χ1n) is 10.3. The van der Waals surface area contributed by atoms with Crippen LogP contribution in [-0.4, -0.2) is 60.5 Å². The number of carbonyl (C=O) groups excluding carboxylic acids is 2. The van der Waals surface area contributed by atoms with Gasteiger partial charge < -0.3 is 9.64 Å². The van der Waals surface area contributed by atoms with Crippen LogP contribution in [0.15, 0.2) is 24.3 Å². The van der Waals surface area contributed by atoms with Crippen molar-refractivity contribution < 1.29 is 14.3 Å². The molecule has 0 aliphatic carbocycles. The number of benzene rings is 1. The largest absolute Gasteiger partial charge is 0.466 e. The molecule has 2 fully saturated rings. The van der Waals surface area contributed by atoms with Crippen molar-refractivity contribution in [2.75, 3.05) is 32.8 Å². The molecule has 1 unspecified atom stereocenters. The maximum Gasteiger partial charge on any atom is 0.310 e. The van der Waals surface area contributed by atoms with E-state index in [1.54, 1.807) is 6.92 Å². The van der Waals surface area contributed by atoms with Crippen LogP contribution in [0.25, 0.3) is 0 Å². The van der Waals surface area contributed by atoms with E-state index < -0.39 is 0 Å². The Balaban J connectivity index is 1.51. The fourth-order valence-electron chi connectivity index (χ4n) is 4.32. The fourth-order valence-corrected chi connectivity index (χ4v) is 4.32. The van der Waals surface area contributed by atoms with Crippen molar-refractivity contribution in [1.82, 2.24) is 9.80 Å². The molecule has 27 heavy (non-hydrogen) atoms. The number of nitrogens with zero attached hydrogens (tertiary/aromatic N) is 2. The lowest BCUT2D eigenvalue weighted by Crippen LogP contribution is -2.49. The molecule has 2 saturated heterocycles. The summed E-state index contributed by atoms with van der Waals surface area (Å²) in [5.74, 6) is 0.667. The lowest BCUT2D eigenvalue weighted by molar-refractivity contribution is -0.142. The highest BCUT2D eigenvalue weighted by Crippen LogP contribution is 2.24. The molecule has 2 aliphatic heterocycles. The van der Waals surface area contributed by atoms with Gasteiger partial charge in [-0.25, -0.2) is 0 Å². The van der Waals surface area contributed by atoms with Gasteiger partial charge in [-0.05, 0) is 62.8 Å². The van der Waals surface area contributed by atoms with E-state index in [0.29, 0.717) is 18.2 Å². The number of piperidine rings is 2. The molecule has 5 nitrogen and oxygen atoms in total. The Morgan fingerprint density at radius 3 is 2.41 bits per heavy atom. The van der Waals surface area contributed by atoms with Crippen molar-refractivity contribution in [3.8, 4) is 0 Å². The van der Waals surface area contributed by atoms with E-state index in [-0.39, 0.29) is 18.3 Å². The number of amides is 1. The molecule has 3 rings (SSSR count). The number of likely N-dealkylation sites (tertiary alicyclic amines) is 2. The van der Waals surface area contributed by atoms with Crippen molar-refractivity contribution >= 4 is 11.9 Å². The van der Waals surface area contributed by atoms with Gasteiger partial charge in [0, 0.05) is 31.2 Å². The average Bonchev–Trinajstić information content (AvgIpc) is 2.68. The molecule has 0 saturated carbocycles. The second kappa shape index (κ2) is 9.36. The van der Waals surface area contributed by atoms with Gasteiger partial charge >= 0.3 is 5.97 Å². The summed E-state index contributed by atoms with van der Waals surface area (Å²) in [4.78, 5) is 29.0. The Hall–Kier alpha value is -1.88. The van der Waals surface area contributed by atoms with E-state index in [0.717, 1.165) is 37.4 Å². The monoisotopic (exact) mass is 372 g/mol. The molecule has 0 aromatic heterocycles. The molecule has 2 aliphatic rings. The Labute approximate surface area is 162 Å². The minimum atomic E-state index is -0.231. The highest BCUT2D eigenvalue weighted by molar-refractivity contribution is 5.94. The van der Waals surface area contributed by atoms with Crippen LogP contribution in [0.3, 0.4) is 0 Å². The molecule has 1 aromatic rings. The van der Waals surface area contributed by atoms with Crippen LogP contribution in [-0.2, 0) is 16.0 Å². The number of rotatable bonds is 5. The third-order valence-corrected chi connectivity index (χ3v) is 5.81. The lowest BCUT2D eigenvalue weighted by atomic mass is 9.95. The standard InChI is InChI=1S/C22H32N2O3/c1-3-27-21(25)15-18-6-8-19(9-7-18)22(26)23-13-10-20(11-14-23)24-12-4-5-17(2)16-24/h6-9,17,20H,3-5,10-16H2,1-2H3. The number of carbonyl (C=O) groups is 2. The molecule has 0 radical (unpaired) electrons. The second-order valence-electron chi connectivity index (χ2n) is 7.94. The minimum Gasteiger partial charge on any atom is -0.466 e. The summed E-state index contributed by atoms with van der Waals surface area (Å²) in [7, 11) is 0. The molecule has 5 heteroatoms. The van der Waals surface area contributed by atoms with Gasteiger partial charge in [0.15, 0.2) is 0 Å². The molecule has 1 aromatic carbocycles. The van der Waals surface area contributed by atoms with Gasteiger partial charge in [-0.2, -0.15) is 0 Å². The minimum absolute atomic E-state index is 0.100. The van der Waals surface area contributed by atoms with Gasteiger partial charge in [-0.3, -0.25) is 14.5 Å². The summed E-state index contributed by atoms with van der Waals surface area (Å²) >= 11 is 0. The number of hydrogen-bond donors (Lipinski definition) is 0. The van der Waals surface area contributed by atoms with E-state index in [4.69, 9.17) is 4.74 Å². The Morgan fingerprint density at radius 2 is 1.78 bits per heavy atom. The van der Waals surface area contributed by atoms with Gasteiger partial charge in [0.2, 0.25) is 0 Å². The number of hydrogen-bond acceptors (Lipinski definition) is 4. The van der Waals surface area contributed by atoms with Crippen molar-refractivity contribution in [3.05, 3.63) is 35.4 Å². The highest BCUT2D eigenvalue weighted by atomic mass is 16.5. The normalized spacial score (nSPS) is 21.9. The van der Waals surface area contributed by atoms with Crippen LogP contribution in [0.1, 0.15) is 55.5 Å². The maximum atomic E-state index is 12.8. The van der Waals surface area contributed by atoms with Crippen LogP contribution in [0, 0.1) is 5.92 Å². The van der Waals surface area contributed by atoms with Gasteiger partial charge in [-0.15, -0.1) is 0 Å². The summed E-state index contributed by atoms with van der Waals surface area (Å²) in [6.07, 6.45) is 5.04. The zero-order valence-electron chi connectivity index (χ0n) is 16.7. The molecule has 0 N–H and O–H groups in total. The number of esters is 1. The van der Waals surface area contributed by atoms with Gasteiger partial charge in [0.1, 0.15) is 0 Å². The zero-order chi connectivity index (χ0) is 19.2. The second-order valence-corrected chi connectivity index (χ2v) is 7.94. The topological polar surface area (TPSA) is 49.9 Å². The Morgan fingerprint density at radius 1 is 1.07 bits per heavy atom. The first-order chi connectivity index (χ1) is 13.1. The van der Waals surface area contributed by atoms with E-state index in [2.05, 4.69) is 11.8 Å². The quantitative estimate of drug-likeness (QED) is 0.745. The summed E-state index contributed by atoms with van der Waals surface area (Å²) < 4.78 is 4.97. The third-order valence-electron chi connectivity index (χ3n) is 5.81. The van der Waals surface area contributed by atoms with Gasteiger partial charge in [-0.1, -0.05) is 19.1 Å². The maximum absolute atomic E-state index is 12.8. The van der Waals surface area contributed by atoms with E-state index in [1.807, 2.05) is 29.2 Å². The summed E-state index contributed by atoms with van der Waals surface area (Å²) in [5, 5.41) is 0. The highest BCUT2D eigenvalue weighted by Gasteiger charge is 2.29. The van der Waals surface area contributed by atoms with Crippen LogP contribution in [0.5, 0.6) is 0 Å². The SMILES string of the molecule is CCOC(=O)Cc1ccc(C(=O)N2CCC(N3CCCC(C)C3)CC2)cc1. The Kier molecular flexibility index (Phi) is 6.89. The number of ether oxygens (including phenoxy) is 1. The summed E-state index contributed by atoms with van der Waals surface area (Å²) in [6, 6.07) is 7.99. The van der Waals surface area contributed by atoms with Crippen LogP contribution >= 0.6 is 0 Å². The van der Waals surface area contributed by atoms with Gasteiger partial charge in [0.25, 0.3) is 5.91 Å². The van der Waals surface area contributed by atoms with E-state index in [1.165, 1.54) is 25.9 Å².